The van der Waals surface area contributed by atoms with E-state index in [1.807, 2.05) is 0 Å². The summed E-state index contributed by atoms with van der Waals surface area (Å²) in [6.45, 7) is 3.25. The number of nitro groups is 1. The molecule has 142 valence electrons. The Bertz CT molecular complexity index is 908. The molecule has 2 N–H and O–H groups in total. The Kier molecular flexibility index (Phi) is 6.95. The number of carbonyl (C=O) groups excluding carboxylic acids is 1. The zero-order valence-corrected chi connectivity index (χ0v) is 16.6. The van der Waals surface area contributed by atoms with Crippen LogP contribution in [0.3, 0.4) is 0 Å². The molecule has 1 amide bonds. The topological polar surface area (TPSA) is 93.5 Å². The summed E-state index contributed by atoms with van der Waals surface area (Å²) in [6.07, 6.45) is -0.920. The van der Waals surface area contributed by atoms with Crippen LogP contribution in [-0.4, -0.2) is 22.0 Å². The Hall–Kier alpha value is -2.42. The summed E-state index contributed by atoms with van der Waals surface area (Å²) < 4.78 is 5.49. The Morgan fingerprint density at radius 3 is 2.59 bits per heavy atom. The molecule has 0 aliphatic carbocycles. The molecule has 0 fully saturated rings. The maximum atomic E-state index is 12.2. The van der Waals surface area contributed by atoms with E-state index in [0.29, 0.717) is 5.02 Å². The van der Waals surface area contributed by atoms with Gasteiger partial charge in [-0.2, -0.15) is 0 Å². The van der Waals surface area contributed by atoms with Gasteiger partial charge >= 0.3 is 0 Å². The maximum Gasteiger partial charge on any atom is 0.292 e. The van der Waals surface area contributed by atoms with Crippen LogP contribution in [0.1, 0.15) is 12.5 Å². The molecule has 2 aromatic carbocycles. The average molecular weight is 428 g/mol. The maximum absolute atomic E-state index is 12.2. The zero-order valence-electron chi connectivity index (χ0n) is 14.3. The van der Waals surface area contributed by atoms with Crippen molar-refractivity contribution in [3.8, 4) is 5.75 Å². The molecular weight excluding hydrogens is 413 g/mol. The van der Waals surface area contributed by atoms with Gasteiger partial charge in [0.15, 0.2) is 11.2 Å². The van der Waals surface area contributed by atoms with Gasteiger partial charge < -0.3 is 10.1 Å². The number of rotatable bonds is 5. The summed E-state index contributed by atoms with van der Waals surface area (Å²) in [6, 6.07) is 9.22. The Balaban J connectivity index is 2.01. The van der Waals surface area contributed by atoms with Gasteiger partial charge in [0.25, 0.3) is 11.6 Å². The molecule has 0 saturated heterocycles. The first-order valence-corrected chi connectivity index (χ1v) is 8.82. The Morgan fingerprint density at radius 1 is 1.26 bits per heavy atom. The van der Waals surface area contributed by atoms with Crippen molar-refractivity contribution in [2.24, 2.45) is 0 Å². The molecule has 0 aromatic heterocycles. The van der Waals surface area contributed by atoms with Crippen molar-refractivity contribution in [2.45, 2.75) is 20.0 Å². The van der Waals surface area contributed by atoms with Crippen molar-refractivity contribution in [3.05, 3.63) is 62.1 Å². The molecule has 1 unspecified atom stereocenters. The van der Waals surface area contributed by atoms with E-state index in [2.05, 4.69) is 10.6 Å². The van der Waals surface area contributed by atoms with Crippen molar-refractivity contribution in [1.82, 2.24) is 5.32 Å². The van der Waals surface area contributed by atoms with Gasteiger partial charge in [-0.3, -0.25) is 20.2 Å². The van der Waals surface area contributed by atoms with Crippen LogP contribution in [0.25, 0.3) is 0 Å². The minimum atomic E-state index is -0.920. The third kappa shape index (κ3) is 5.78. The molecule has 10 heteroatoms. The van der Waals surface area contributed by atoms with E-state index < -0.39 is 16.9 Å². The van der Waals surface area contributed by atoms with Crippen LogP contribution < -0.4 is 15.4 Å². The molecule has 0 saturated carbocycles. The normalized spacial score (nSPS) is 11.4. The fourth-order valence-electron chi connectivity index (χ4n) is 2.08. The molecule has 1 atom stereocenters. The summed E-state index contributed by atoms with van der Waals surface area (Å²) in [7, 11) is 0. The standard InChI is InChI=1S/C17H15Cl2N3O4S/c1-9-3-5-13(14(7-9)22(24)25)20-17(27)21-16(23)10(2)26-15-6-4-11(18)8-12(15)19/h3-8,10H,1-2H3,(H2,20,21,23,27). The van der Waals surface area contributed by atoms with Crippen LogP contribution in [0.5, 0.6) is 5.75 Å². The molecule has 0 aliphatic rings. The minimum Gasteiger partial charge on any atom is -0.479 e. The van der Waals surface area contributed by atoms with E-state index in [0.717, 1.165) is 5.56 Å². The highest BCUT2D eigenvalue weighted by molar-refractivity contribution is 7.80. The second-order valence-corrected chi connectivity index (χ2v) is 6.81. The smallest absolute Gasteiger partial charge is 0.292 e. The molecule has 0 heterocycles. The second kappa shape index (κ2) is 8.98. The van der Waals surface area contributed by atoms with Crippen molar-refractivity contribution in [1.29, 1.82) is 0 Å². The second-order valence-electron chi connectivity index (χ2n) is 5.56. The van der Waals surface area contributed by atoms with Gasteiger partial charge in [-0.1, -0.05) is 29.3 Å². The molecule has 0 bridgehead atoms. The number of amides is 1. The summed E-state index contributed by atoms with van der Waals surface area (Å²) >= 11 is 16.9. The summed E-state index contributed by atoms with van der Waals surface area (Å²) in [5.41, 5.74) is 0.748. The van der Waals surface area contributed by atoms with E-state index in [1.54, 1.807) is 25.1 Å². The number of nitrogens with zero attached hydrogens (tertiary/aromatic N) is 1. The number of benzene rings is 2. The van der Waals surface area contributed by atoms with Gasteiger partial charge in [0.05, 0.1) is 9.95 Å². The highest BCUT2D eigenvalue weighted by Gasteiger charge is 2.19. The number of nitro benzene ring substituents is 1. The Morgan fingerprint density at radius 2 is 1.96 bits per heavy atom. The van der Waals surface area contributed by atoms with Crippen LogP contribution in [0.4, 0.5) is 11.4 Å². The van der Waals surface area contributed by atoms with Crippen molar-refractivity contribution >= 4 is 57.8 Å². The number of ether oxygens (including phenoxy) is 1. The predicted octanol–water partition coefficient (Wildman–Crippen LogP) is 4.49. The number of aryl methyl sites for hydroxylation is 1. The van der Waals surface area contributed by atoms with Crippen LogP contribution >= 0.6 is 35.4 Å². The van der Waals surface area contributed by atoms with Crippen LogP contribution in [0.15, 0.2) is 36.4 Å². The van der Waals surface area contributed by atoms with E-state index in [9.17, 15) is 14.9 Å². The minimum absolute atomic E-state index is 0.0930. The molecule has 7 nitrogen and oxygen atoms in total. The molecule has 2 aromatic rings. The van der Waals surface area contributed by atoms with Crippen molar-refractivity contribution in [3.63, 3.8) is 0 Å². The fourth-order valence-corrected chi connectivity index (χ4v) is 2.74. The number of carbonyl (C=O) groups is 1. The SMILES string of the molecule is Cc1ccc(NC(=S)NC(=O)C(C)Oc2ccc(Cl)cc2Cl)c([N+](=O)[O-])c1. The van der Waals surface area contributed by atoms with Gasteiger partial charge in [0, 0.05) is 11.1 Å². The first kappa shape index (κ1) is 20.9. The molecule has 27 heavy (non-hydrogen) atoms. The summed E-state index contributed by atoms with van der Waals surface area (Å²) in [4.78, 5) is 22.8. The third-order valence-corrected chi connectivity index (χ3v) is 4.14. The monoisotopic (exact) mass is 427 g/mol. The van der Waals surface area contributed by atoms with Gasteiger partial charge in [-0.15, -0.1) is 0 Å². The van der Waals surface area contributed by atoms with Crippen molar-refractivity contribution in [2.75, 3.05) is 5.32 Å². The number of hydrogen-bond acceptors (Lipinski definition) is 5. The first-order chi connectivity index (χ1) is 12.7. The number of halogens is 2. The van der Waals surface area contributed by atoms with E-state index >= 15 is 0 Å². The van der Waals surface area contributed by atoms with E-state index in [4.69, 9.17) is 40.2 Å². The van der Waals surface area contributed by atoms with Crippen LogP contribution in [-0.2, 0) is 4.79 Å². The number of anilines is 1. The van der Waals surface area contributed by atoms with Gasteiger partial charge in [-0.25, -0.2) is 0 Å². The fraction of sp³-hybridized carbons (Fsp3) is 0.176. The third-order valence-electron chi connectivity index (χ3n) is 3.40. The average Bonchev–Trinajstić information content (AvgIpc) is 2.58. The van der Waals surface area contributed by atoms with E-state index in [-0.39, 0.29) is 27.3 Å². The quantitative estimate of drug-likeness (QED) is 0.414. The zero-order chi connectivity index (χ0) is 20.1. The lowest BCUT2D eigenvalue weighted by molar-refractivity contribution is -0.383. The van der Waals surface area contributed by atoms with E-state index in [1.165, 1.54) is 25.1 Å². The Labute approximate surface area is 170 Å². The van der Waals surface area contributed by atoms with Crippen molar-refractivity contribution < 1.29 is 14.5 Å². The first-order valence-electron chi connectivity index (χ1n) is 7.66. The largest absolute Gasteiger partial charge is 0.479 e. The molecule has 2 rings (SSSR count). The van der Waals surface area contributed by atoms with Crippen LogP contribution in [0, 0.1) is 17.0 Å². The molecule has 0 aliphatic heterocycles. The summed E-state index contributed by atoms with van der Waals surface area (Å²) in [5.74, 6) is -0.259. The number of hydrogen-bond donors (Lipinski definition) is 2. The van der Waals surface area contributed by atoms with Gasteiger partial charge in [0.1, 0.15) is 11.4 Å². The molecule has 0 radical (unpaired) electrons. The van der Waals surface area contributed by atoms with Gasteiger partial charge in [-0.05, 0) is 55.9 Å². The molecule has 0 spiro atoms. The lowest BCUT2D eigenvalue weighted by atomic mass is 10.2. The lowest BCUT2D eigenvalue weighted by Gasteiger charge is -2.16. The van der Waals surface area contributed by atoms with Crippen LogP contribution in [0.2, 0.25) is 10.0 Å². The predicted molar refractivity (Wildman–Crippen MR) is 109 cm³/mol. The number of nitrogens with one attached hydrogen (secondary N) is 2. The molecular formula is C17H15Cl2N3O4S. The summed E-state index contributed by atoms with van der Waals surface area (Å²) in [5, 5.41) is 16.8. The number of thiocarbonyl (C=S) groups is 1. The highest BCUT2D eigenvalue weighted by atomic mass is 35.5. The lowest BCUT2D eigenvalue weighted by Crippen LogP contribution is -2.42. The van der Waals surface area contributed by atoms with Gasteiger partial charge in [0.2, 0.25) is 0 Å². The highest BCUT2D eigenvalue weighted by Crippen LogP contribution is 2.28.